The van der Waals surface area contributed by atoms with E-state index in [0.29, 0.717) is 5.69 Å². The molecule has 2 fully saturated rings. The van der Waals surface area contributed by atoms with E-state index >= 15 is 0 Å². The number of carbonyl (C=O) groups is 1. The predicted molar refractivity (Wildman–Crippen MR) is 83.3 cm³/mol. The van der Waals surface area contributed by atoms with Crippen LogP contribution in [-0.4, -0.2) is 46.2 Å². The third-order valence-electron chi connectivity index (χ3n) is 4.50. The van der Waals surface area contributed by atoms with E-state index in [1.54, 1.807) is 0 Å². The van der Waals surface area contributed by atoms with Crippen molar-refractivity contribution in [1.82, 2.24) is 10.2 Å². The van der Waals surface area contributed by atoms with Gasteiger partial charge in [0.1, 0.15) is 17.9 Å². The maximum Gasteiger partial charge on any atom is 0.215 e. The van der Waals surface area contributed by atoms with Gasteiger partial charge in [0.2, 0.25) is 5.78 Å². The molecule has 122 valence electrons. The minimum Gasteiger partial charge on any atom is -0.361 e. The topological polar surface area (TPSA) is 73.4 Å². The van der Waals surface area contributed by atoms with Gasteiger partial charge in [-0.2, -0.15) is 5.10 Å². The summed E-state index contributed by atoms with van der Waals surface area (Å²) >= 11 is 0. The fraction of sp³-hybridized carbons (Fsp3) is 0.529. The molecule has 2 aromatic rings. The quantitative estimate of drug-likeness (QED) is 0.861. The van der Waals surface area contributed by atoms with Crippen LogP contribution >= 0.6 is 0 Å². The van der Waals surface area contributed by atoms with Crippen LogP contribution in [0.1, 0.15) is 36.8 Å². The number of carbonyl (C=O) groups excluding carboxylic acids is 1. The van der Waals surface area contributed by atoms with Crippen LogP contribution in [0.5, 0.6) is 0 Å². The second kappa shape index (κ2) is 4.87. The Morgan fingerprint density at radius 2 is 2.00 bits per heavy atom. The minimum absolute atomic E-state index is 0.166. The van der Waals surface area contributed by atoms with Gasteiger partial charge in [0, 0.05) is 5.39 Å². The zero-order valence-electron chi connectivity index (χ0n) is 13.6. The number of aromatic amines is 1. The molecule has 6 heteroatoms. The maximum atomic E-state index is 13.0. The maximum absolute atomic E-state index is 13.0. The number of nitrogens with one attached hydrogen (secondary N) is 1. The number of H-pyrrole nitrogens is 1. The molecule has 1 N–H and O–H groups in total. The predicted octanol–water partition coefficient (Wildman–Crippen LogP) is 2.36. The Bertz CT molecular complexity index is 782. The number of ketones is 1. The number of benzene rings is 1. The Kier molecular flexibility index (Phi) is 3.13. The molecule has 6 nitrogen and oxygen atoms in total. The lowest BCUT2D eigenvalue weighted by Crippen LogP contribution is -2.36. The van der Waals surface area contributed by atoms with E-state index in [-0.39, 0.29) is 18.0 Å². The molecule has 0 saturated carbocycles. The smallest absolute Gasteiger partial charge is 0.215 e. The first-order chi connectivity index (χ1) is 10.9. The summed E-state index contributed by atoms with van der Waals surface area (Å²) in [5.41, 5.74) is 2.35. The molecule has 23 heavy (non-hydrogen) atoms. The van der Waals surface area contributed by atoms with E-state index in [2.05, 4.69) is 10.2 Å². The number of fused-ring (bicyclic) bond motifs is 2. The van der Waals surface area contributed by atoms with Crippen LogP contribution in [0.25, 0.3) is 10.9 Å². The van der Waals surface area contributed by atoms with Gasteiger partial charge >= 0.3 is 0 Å². The average Bonchev–Trinajstić information content (AvgIpc) is 3.11. The van der Waals surface area contributed by atoms with Gasteiger partial charge in [0.25, 0.3) is 0 Å². The molecular weight excluding hydrogens is 296 g/mol. The van der Waals surface area contributed by atoms with E-state index in [0.717, 1.165) is 16.5 Å². The molecule has 0 radical (unpaired) electrons. The van der Waals surface area contributed by atoms with Crippen molar-refractivity contribution in [3.8, 4) is 0 Å². The average molecular weight is 316 g/mol. The van der Waals surface area contributed by atoms with Gasteiger partial charge in [0.05, 0.1) is 11.6 Å². The fourth-order valence-electron chi connectivity index (χ4n) is 3.47. The first-order valence-corrected chi connectivity index (χ1v) is 7.86. The van der Waals surface area contributed by atoms with Crippen molar-refractivity contribution >= 4 is 16.7 Å². The summed E-state index contributed by atoms with van der Waals surface area (Å²) in [5.74, 6) is -0.864. The van der Waals surface area contributed by atoms with E-state index in [1.807, 2.05) is 45.9 Å². The largest absolute Gasteiger partial charge is 0.361 e. The first-order valence-electron chi connectivity index (χ1n) is 7.86. The Morgan fingerprint density at radius 3 is 2.78 bits per heavy atom. The van der Waals surface area contributed by atoms with Crippen molar-refractivity contribution in [2.24, 2.45) is 0 Å². The van der Waals surface area contributed by atoms with Crippen LogP contribution in [0, 0.1) is 6.92 Å². The molecule has 0 aliphatic carbocycles. The second-order valence-electron chi connectivity index (χ2n) is 6.81. The van der Waals surface area contributed by atoms with Gasteiger partial charge in [-0.3, -0.25) is 9.89 Å². The Hall–Kier alpha value is -1.76. The van der Waals surface area contributed by atoms with E-state index in [1.165, 1.54) is 0 Å². The highest BCUT2D eigenvalue weighted by Gasteiger charge is 2.56. The molecule has 2 aliphatic rings. The Balaban J connectivity index is 1.68. The summed E-state index contributed by atoms with van der Waals surface area (Å²) in [5, 5.41) is 7.93. The molecule has 2 saturated heterocycles. The summed E-state index contributed by atoms with van der Waals surface area (Å²) in [6.45, 7) is 7.61. The van der Waals surface area contributed by atoms with Crippen molar-refractivity contribution in [1.29, 1.82) is 0 Å². The van der Waals surface area contributed by atoms with Crippen molar-refractivity contribution in [3.63, 3.8) is 0 Å². The van der Waals surface area contributed by atoms with Crippen molar-refractivity contribution in [3.05, 3.63) is 29.5 Å². The molecule has 4 atom stereocenters. The highest BCUT2D eigenvalue weighted by molar-refractivity contribution is 6.08. The number of hydrogen-bond acceptors (Lipinski definition) is 5. The molecule has 3 heterocycles. The van der Waals surface area contributed by atoms with Crippen LogP contribution in [0.3, 0.4) is 0 Å². The number of Topliss-reactive ketones (excluding diaryl/α,β-unsaturated/α-hetero) is 1. The first kappa shape index (κ1) is 14.8. The van der Waals surface area contributed by atoms with Crippen molar-refractivity contribution in [2.75, 3.05) is 0 Å². The van der Waals surface area contributed by atoms with Gasteiger partial charge < -0.3 is 14.2 Å². The molecule has 4 unspecified atom stereocenters. The van der Waals surface area contributed by atoms with E-state index in [9.17, 15) is 4.79 Å². The monoisotopic (exact) mass is 316 g/mol. The summed E-state index contributed by atoms with van der Waals surface area (Å²) in [6, 6.07) is 5.85. The van der Waals surface area contributed by atoms with Crippen molar-refractivity contribution < 1.29 is 19.0 Å². The zero-order valence-corrected chi connectivity index (χ0v) is 13.6. The van der Waals surface area contributed by atoms with Gasteiger partial charge in [-0.05, 0) is 39.3 Å². The van der Waals surface area contributed by atoms with Gasteiger partial charge in [-0.1, -0.05) is 12.1 Å². The summed E-state index contributed by atoms with van der Waals surface area (Å²) in [6.07, 6.45) is -1.51. The lowest BCUT2D eigenvalue weighted by molar-refractivity contribution is -0.180. The zero-order chi connectivity index (χ0) is 16.4. The van der Waals surface area contributed by atoms with E-state index < -0.39 is 18.0 Å². The van der Waals surface area contributed by atoms with Crippen LogP contribution in [0.2, 0.25) is 0 Å². The van der Waals surface area contributed by atoms with Crippen LogP contribution in [0.4, 0.5) is 0 Å². The van der Waals surface area contributed by atoms with E-state index in [4.69, 9.17) is 14.2 Å². The Morgan fingerprint density at radius 1 is 1.26 bits per heavy atom. The number of nitrogens with zero attached hydrogens (tertiary/aromatic N) is 1. The molecule has 1 aromatic carbocycles. The number of hydrogen-bond donors (Lipinski definition) is 1. The summed E-state index contributed by atoms with van der Waals surface area (Å²) < 4.78 is 17.6. The number of ether oxygens (including phenoxy) is 3. The minimum atomic E-state index is -0.698. The highest BCUT2D eigenvalue weighted by atomic mass is 16.8. The third-order valence-corrected chi connectivity index (χ3v) is 4.50. The lowest BCUT2D eigenvalue weighted by atomic mass is 10.0. The number of aryl methyl sites for hydroxylation is 1. The molecule has 4 rings (SSSR count). The lowest BCUT2D eigenvalue weighted by Gasteiger charge is -2.22. The van der Waals surface area contributed by atoms with Crippen LogP contribution in [0.15, 0.2) is 18.2 Å². The summed E-state index contributed by atoms with van der Waals surface area (Å²) in [4.78, 5) is 13.0. The molecule has 0 amide bonds. The normalized spacial score (nSPS) is 32.3. The Labute approximate surface area is 134 Å². The molecule has 0 bridgehead atoms. The SMILES string of the molecule is Cc1ccc2c(C(=O)C3OC(C)C4OC(C)(C)OC34)n[nH]c2c1. The van der Waals surface area contributed by atoms with Crippen molar-refractivity contribution in [2.45, 2.75) is 57.9 Å². The molecule has 2 aliphatic heterocycles. The number of aromatic nitrogens is 2. The van der Waals surface area contributed by atoms with Gasteiger partial charge in [-0.15, -0.1) is 0 Å². The third kappa shape index (κ3) is 2.29. The fourth-order valence-corrected chi connectivity index (χ4v) is 3.47. The molecular formula is C17H20N2O4. The van der Waals surface area contributed by atoms with Crippen LogP contribution in [-0.2, 0) is 14.2 Å². The van der Waals surface area contributed by atoms with Crippen LogP contribution < -0.4 is 0 Å². The molecule has 0 spiro atoms. The highest BCUT2D eigenvalue weighted by Crippen LogP contribution is 2.39. The molecule has 1 aromatic heterocycles. The summed E-state index contributed by atoms with van der Waals surface area (Å²) in [7, 11) is 0. The standard InChI is InChI=1S/C17H20N2O4/c1-8-5-6-10-11(7-8)18-19-12(10)13(20)15-16-14(9(2)21-15)22-17(3,4)23-16/h5-7,9,14-16H,1-4H3,(H,18,19). The van der Waals surface area contributed by atoms with Gasteiger partial charge in [0.15, 0.2) is 11.9 Å². The second-order valence-corrected chi connectivity index (χ2v) is 6.81. The number of rotatable bonds is 2. The van der Waals surface area contributed by atoms with Gasteiger partial charge in [-0.25, -0.2) is 0 Å².